The van der Waals surface area contributed by atoms with Gasteiger partial charge in [0, 0.05) is 31.1 Å². The number of carbonyl (C=O) groups is 2. The summed E-state index contributed by atoms with van der Waals surface area (Å²) in [5.41, 5.74) is 4.14. The second-order valence-electron chi connectivity index (χ2n) is 8.93. The highest BCUT2D eigenvalue weighted by Gasteiger charge is 2.29. The first kappa shape index (κ1) is 26.2. The predicted molar refractivity (Wildman–Crippen MR) is 134 cm³/mol. The minimum Gasteiger partial charge on any atom is -0.496 e. The van der Waals surface area contributed by atoms with Crippen LogP contribution in [-0.4, -0.2) is 56.2 Å². The van der Waals surface area contributed by atoms with Crippen LogP contribution in [0.15, 0.2) is 47.6 Å². The van der Waals surface area contributed by atoms with Crippen molar-refractivity contribution in [3.05, 3.63) is 53.6 Å². The molecule has 0 saturated carbocycles. The van der Waals surface area contributed by atoms with Gasteiger partial charge in [-0.05, 0) is 47.6 Å². The molecule has 2 N–H and O–H groups in total. The number of carbonyl (C=O) groups excluding carboxylic acids is 1. The summed E-state index contributed by atoms with van der Waals surface area (Å²) in [6, 6.07) is 12.7. The number of carboxylic acids is 1. The number of ether oxygens (including phenoxy) is 2. The molecule has 3 rings (SSSR count). The topological polar surface area (TPSA) is 106 Å². The molecule has 1 saturated heterocycles. The molecule has 1 aliphatic heterocycles. The summed E-state index contributed by atoms with van der Waals surface area (Å²) in [7, 11) is 3.01. The number of oxime groups is 1. The lowest BCUT2D eigenvalue weighted by Gasteiger charge is -2.23. The van der Waals surface area contributed by atoms with Crippen LogP contribution in [-0.2, 0) is 25.6 Å². The molecule has 0 spiro atoms. The molecule has 1 heterocycles. The SMILES string of the molecule is CON=C(C(=O)N[C@@H](Cc1ccc(-c2cc(C(C)C)ccc2OC)cc1)C(=O)O)C1CCOCC1. The first-order valence-electron chi connectivity index (χ1n) is 11.8. The maximum Gasteiger partial charge on any atom is 0.326 e. The van der Waals surface area contributed by atoms with Gasteiger partial charge in [-0.3, -0.25) is 4.79 Å². The first-order valence-corrected chi connectivity index (χ1v) is 11.8. The second-order valence-corrected chi connectivity index (χ2v) is 8.93. The van der Waals surface area contributed by atoms with Crippen molar-refractivity contribution in [2.24, 2.45) is 11.1 Å². The Morgan fingerprint density at radius 2 is 1.80 bits per heavy atom. The second kappa shape index (κ2) is 12.4. The lowest BCUT2D eigenvalue weighted by Crippen LogP contribution is -2.47. The van der Waals surface area contributed by atoms with E-state index in [1.54, 1.807) is 7.11 Å². The molecular weight excluding hydrogens is 448 g/mol. The Kier molecular flexibility index (Phi) is 9.25. The van der Waals surface area contributed by atoms with Crippen molar-refractivity contribution in [3.63, 3.8) is 0 Å². The van der Waals surface area contributed by atoms with E-state index in [-0.39, 0.29) is 18.1 Å². The van der Waals surface area contributed by atoms with Gasteiger partial charge in [0.05, 0.1) is 7.11 Å². The van der Waals surface area contributed by atoms with E-state index in [0.29, 0.717) is 32.0 Å². The fourth-order valence-corrected chi connectivity index (χ4v) is 4.17. The van der Waals surface area contributed by atoms with Crippen molar-refractivity contribution in [1.29, 1.82) is 0 Å². The zero-order valence-electron chi connectivity index (χ0n) is 20.7. The summed E-state index contributed by atoms with van der Waals surface area (Å²) in [5, 5.41) is 16.3. The van der Waals surface area contributed by atoms with Gasteiger partial charge in [0.25, 0.3) is 5.91 Å². The van der Waals surface area contributed by atoms with Crippen LogP contribution >= 0.6 is 0 Å². The molecule has 2 aromatic carbocycles. The number of aliphatic carboxylic acids is 1. The van der Waals surface area contributed by atoms with E-state index in [1.165, 1.54) is 12.7 Å². The quantitative estimate of drug-likeness (QED) is 0.391. The molecule has 0 aliphatic carbocycles. The van der Waals surface area contributed by atoms with E-state index in [4.69, 9.17) is 14.3 Å². The molecule has 0 unspecified atom stereocenters. The Morgan fingerprint density at radius 3 is 2.37 bits per heavy atom. The molecule has 0 radical (unpaired) electrons. The molecule has 1 fully saturated rings. The molecule has 1 amide bonds. The number of rotatable bonds is 10. The number of benzene rings is 2. The Bertz CT molecular complexity index is 1040. The molecule has 8 heteroatoms. The van der Waals surface area contributed by atoms with Crippen LogP contribution in [0.25, 0.3) is 11.1 Å². The highest BCUT2D eigenvalue weighted by molar-refractivity contribution is 6.39. The van der Waals surface area contributed by atoms with E-state index in [2.05, 4.69) is 36.5 Å². The lowest BCUT2D eigenvalue weighted by atomic mass is 9.93. The summed E-state index contributed by atoms with van der Waals surface area (Å²) in [6.45, 7) is 5.33. The number of nitrogens with one attached hydrogen (secondary N) is 1. The molecule has 1 atom stereocenters. The Hall–Kier alpha value is -3.39. The number of amides is 1. The minimum atomic E-state index is -1.11. The van der Waals surface area contributed by atoms with Crippen LogP contribution in [0.2, 0.25) is 0 Å². The lowest BCUT2D eigenvalue weighted by molar-refractivity contribution is -0.141. The molecule has 2 aromatic rings. The van der Waals surface area contributed by atoms with Gasteiger partial charge in [-0.1, -0.05) is 49.3 Å². The Labute approximate surface area is 206 Å². The van der Waals surface area contributed by atoms with Gasteiger partial charge in [-0.15, -0.1) is 0 Å². The number of nitrogens with zero attached hydrogens (tertiary/aromatic N) is 1. The van der Waals surface area contributed by atoms with Crippen LogP contribution in [0.3, 0.4) is 0 Å². The van der Waals surface area contributed by atoms with Gasteiger partial charge in [-0.25, -0.2) is 4.79 Å². The summed E-state index contributed by atoms with van der Waals surface area (Å²) in [5.74, 6) is -0.619. The molecule has 35 heavy (non-hydrogen) atoms. The molecule has 188 valence electrons. The third-order valence-corrected chi connectivity index (χ3v) is 6.23. The fraction of sp³-hybridized carbons (Fsp3) is 0.444. The van der Waals surface area contributed by atoms with Gasteiger partial charge in [-0.2, -0.15) is 0 Å². The maximum absolute atomic E-state index is 12.9. The summed E-state index contributed by atoms with van der Waals surface area (Å²) in [6.07, 6.45) is 1.41. The average molecular weight is 483 g/mol. The van der Waals surface area contributed by atoms with Gasteiger partial charge < -0.3 is 24.7 Å². The van der Waals surface area contributed by atoms with Crippen molar-refractivity contribution < 1.29 is 29.0 Å². The van der Waals surface area contributed by atoms with E-state index in [0.717, 1.165) is 22.4 Å². The minimum absolute atomic E-state index is 0.131. The zero-order chi connectivity index (χ0) is 25.4. The van der Waals surface area contributed by atoms with E-state index in [9.17, 15) is 14.7 Å². The van der Waals surface area contributed by atoms with E-state index >= 15 is 0 Å². The van der Waals surface area contributed by atoms with Crippen LogP contribution in [0.5, 0.6) is 5.75 Å². The zero-order valence-corrected chi connectivity index (χ0v) is 20.7. The first-order chi connectivity index (χ1) is 16.8. The third-order valence-electron chi connectivity index (χ3n) is 6.23. The average Bonchev–Trinajstić information content (AvgIpc) is 2.87. The van der Waals surface area contributed by atoms with Crippen LogP contribution in [0.1, 0.15) is 43.7 Å². The maximum atomic E-state index is 12.9. The highest BCUT2D eigenvalue weighted by Crippen LogP contribution is 2.33. The molecule has 0 bridgehead atoms. The number of hydrogen-bond acceptors (Lipinski definition) is 6. The molecule has 8 nitrogen and oxygen atoms in total. The highest BCUT2D eigenvalue weighted by atomic mass is 16.6. The Morgan fingerprint density at radius 1 is 1.11 bits per heavy atom. The van der Waals surface area contributed by atoms with Crippen molar-refractivity contribution >= 4 is 17.6 Å². The normalized spacial score (nSPS) is 15.5. The standard InChI is InChI=1S/C27H34N2O6/c1-17(2)21-9-10-24(33-3)22(16-21)19-7-5-18(6-8-19)15-23(27(31)32)28-26(30)25(29-34-4)20-11-13-35-14-12-20/h5-10,16-17,20,23H,11-15H2,1-4H3,(H,28,30)(H,31,32)/t23-/m0/s1. The van der Waals surface area contributed by atoms with Crippen LogP contribution in [0, 0.1) is 5.92 Å². The summed E-state index contributed by atoms with van der Waals surface area (Å²) in [4.78, 5) is 29.7. The number of hydrogen-bond donors (Lipinski definition) is 2. The smallest absolute Gasteiger partial charge is 0.326 e. The van der Waals surface area contributed by atoms with E-state index < -0.39 is 17.9 Å². The molecule has 0 aromatic heterocycles. The fourth-order valence-electron chi connectivity index (χ4n) is 4.17. The Balaban J connectivity index is 1.75. The van der Waals surface area contributed by atoms with Crippen molar-refractivity contribution in [1.82, 2.24) is 5.32 Å². The van der Waals surface area contributed by atoms with Crippen LogP contribution < -0.4 is 10.1 Å². The summed E-state index contributed by atoms with van der Waals surface area (Å²) < 4.78 is 10.9. The predicted octanol–water partition coefficient (Wildman–Crippen LogP) is 4.03. The molecule has 1 aliphatic rings. The van der Waals surface area contributed by atoms with Crippen molar-refractivity contribution in [2.45, 2.75) is 45.1 Å². The summed E-state index contributed by atoms with van der Waals surface area (Å²) >= 11 is 0. The van der Waals surface area contributed by atoms with E-state index in [1.807, 2.05) is 30.3 Å². The monoisotopic (exact) mass is 482 g/mol. The van der Waals surface area contributed by atoms with Crippen LogP contribution in [0.4, 0.5) is 0 Å². The largest absolute Gasteiger partial charge is 0.496 e. The van der Waals surface area contributed by atoms with Gasteiger partial charge in [0.2, 0.25) is 0 Å². The number of methoxy groups -OCH3 is 1. The van der Waals surface area contributed by atoms with Crippen molar-refractivity contribution in [2.75, 3.05) is 27.4 Å². The number of carboxylic acid groups (broad SMARTS) is 1. The van der Waals surface area contributed by atoms with Gasteiger partial charge in [0.1, 0.15) is 24.6 Å². The third kappa shape index (κ3) is 6.82. The van der Waals surface area contributed by atoms with Crippen molar-refractivity contribution in [3.8, 4) is 16.9 Å². The molecular formula is C27H34N2O6. The van der Waals surface area contributed by atoms with Gasteiger partial charge >= 0.3 is 5.97 Å². The van der Waals surface area contributed by atoms with Gasteiger partial charge in [0.15, 0.2) is 0 Å².